The molecule has 158 valence electrons. The maximum Gasteiger partial charge on any atom is 0.329 e. The molecule has 0 bridgehead atoms. The van der Waals surface area contributed by atoms with Crippen molar-refractivity contribution in [1.29, 1.82) is 0 Å². The monoisotopic (exact) mass is 401 g/mol. The van der Waals surface area contributed by atoms with Gasteiger partial charge in [0.15, 0.2) is 0 Å². The number of hydrogen-bond acceptors (Lipinski definition) is 5. The van der Waals surface area contributed by atoms with Gasteiger partial charge in [0.2, 0.25) is 5.91 Å². The lowest BCUT2D eigenvalue weighted by molar-refractivity contribution is -0.128. The van der Waals surface area contributed by atoms with Crippen LogP contribution < -0.4 is 16.3 Å². The number of piperidine rings is 2. The summed E-state index contributed by atoms with van der Waals surface area (Å²) in [5.74, 6) is 0.582. The Morgan fingerprint density at radius 1 is 1.17 bits per heavy atom. The fourth-order valence-electron chi connectivity index (χ4n) is 4.76. The number of rotatable bonds is 5. The van der Waals surface area contributed by atoms with Crippen LogP contribution in [-0.4, -0.2) is 58.0 Å². The lowest BCUT2D eigenvalue weighted by atomic mass is 9.96. The first kappa shape index (κ1) is 20.1. The number of amides is 1. The van der Waals surface area contributed by atoms with Crippen LogP contribution in [0.5, 0.6) is 0 Å². The van der Waals surface area contributed by atoms with Gasteiger partial charge >= 0.3 is 5.69 Å². The maximum atomic E-state index is 12.9. The molecule has 2 unspecified atom stereocenters. The Bertz CT molecular complexity index is 942. The van der Waals surface area contributed by atoms with E-state index in [0.29, 0.717) is 12.8 Å². The third kappa shape index (κ3) is 3.97. The summed E-state index contributed by atoms with van der Waals surface area (Å²) in [6.07, 6.45) is 2.15. The normalized spacial score (nSPS) is 24.2. The number of hydrogen-bond donors (Lipinski definition) is 3. The van der Waals surface area contributed by atoms with Gasteiger partial charge in [-0.15, -0.1) is 0 Å². The minimum Gasteiger partial charge on any atom is -0.372 e. The highest BCUT2D eigenvalue weighted by molar-refractivity contribution is 5.79. The summed E-state index contributed by atoms with van der Waals surface area (Å²) in [6, 6.07) is 5.69. The fraction of sp³-hybridized carbons (Fsp3) is 0.619. The molecule has 2 atom stereocenters. The van der Waals surface area contributed by atoms with Crippen molar-refractivity contribution >= 4 is 16.9 Å². The number of carbonyl (C=O) groups is 1. The number of aliphatic hydroxyl groups excluding tert-OH is 1. The molecule has 2 fully saturated rings. The van der Waals surface area contributed by atoms with E-state index < -0.39 is 12.3 Å². The van der Waals surface area contributed by atoms with Gasteiger partial charge in [-0.3, -0.25) is 18.8 Å². The molecule has 3 N–H and O–H groups in total. The Hall–Kier alpha value is -2.16. The molecule has 2 saturated heterocycles. The van der Waals surface area contributed by atoms with Gasteiger partial charge in [0.1, 0.15) is 6.23 Å². The largest absolute Gasteiger partial charge is 0.372 e. The van der Waals surface area contributed by atoms with E-state index in [1.54, 1.807) is 16.2 Å². The van der Waals surface area contributed by atoms with E-state index in [1.807, 2.05) is 13.1 Å². The van der Waals surface area contributed by atoms with Gasteiger partial charge in [0.25, 0.3) is 0 Å². The van der Waals surface area contributed by atoms with E-state index in [9.17, 15) is 14.7 Å². The second-order valence-corrected chi connectivity index (χ2v) is 8.43. The van der Waals surface area contributed by atoms with Gasteiger partial charge in [-0.1, -0.05) is 6.07 Å². The second-order valence-electron chi connectivity index (χ2n) is 8.43. The lowest BCUT2D eigenvalue weighted by Crippen LogP contribution is -2.47. The summed E-state index contributed by atoms with van der Waals surface area (Å²) in [7, 11) is 3.78. The van der Waals surface area contributed by atoms with Gasteiger partial charge in [0.05, 0.1) is 17.1 Å². The van der Waals surface area contributed by atoms with E-state index in [1.165, 1.54) is 18.4 Å². The van der Waals surface area contributed by atoms with Gasteiger partial charge in [-0.25, -0.2) is 4.79 Å². The van der Waals surface area contributed by atoms with Crippen LogP contribution in [0.2, 0.25) is 0 Å². The molecule has 1 aromatic heterocycles. The first-order valence-electron chi connectivity index (χ1n) is 10.5. The zero-order valence-electron chi connectivity index (χ0n) is 17.2. The SMILES string of the molecule is CNCC1CCN(Cc2ccc3c(c2)n(C)c(=O)n3C2CCC(=O)NC2O)CC1. The van der Waals surface area contributed by atoms with Crippen molar-refractivity contribution in [1.82, 2.24) is 24.7 Å². The van der Waals surface area contributed by atoms with Crippen LogP contribution in [0, 0.1) is 5.92 Å². The standard InChI is InChI=1S/C21H31N5O3/c1-22-12-14-7-9-25(10-8-14)13-15-3-4-16-18(11-15)24(2)21(29)26(16)17-5-6-19(27)23-20(17)28/h3-4,11,14,17,20,22,28H,5-10,12-13H2,1-2H3,(H,23,27). The van der Waals surface area contributed by atoms with Crippen LogP contribution in [-0.2, 0) is 18.4 Å². The molecule has 8 nitrogen and oxygen atoms in total. The number of aliphatic hydroxyl groups is 1. The van der Waals surface area contributed by atoms with E-state index in [2.05, 4.69) is 27.7 Å². The summed E-state index contributed by atoms with van der Waals surface area (Å²) in [5, 5.41) is 16.1. The highest BCUT2D eigenvalue weighted by Crippen LogP contribution is 2.26. The van der Waals surface area contributed by atoms with Crippen LogP contribution in [0.1, 0.15) is 37.3 Å². The van der Waals surface area contributed by atoms with Crippen LogP contribution in [0.4, 0.5) is 0 Å². The topological polar surface area (TPSA) is 91.5 Å². The number of carbonyl (C=O) groups excluding carboxylic acids is 1. The molecule has 8 heteroatoms. The lowest BCUT2D eigenvalue weighted by Gasteiger charge is -2.32. The fourth-order valence-corrected chi connectivity index (χ4v) is 4.76. The van der Waals surface area contributed by atoms with Gasteiger partial charge < -0.3 is 15.7 Å². The van der Waals surface area contributed by atoms with Crippen LogP contribution in [0.3, 0.4) is 0 Å². The molecule has 1 amide bonds. The van der Waals surface area contributed by atoms with E-state index in [-0.39, 0.29) is 11.6 Å². The summed E-state index contributed by atoms with van der Waals surface area (Å²) in [5.41, 5.74) is 2.69. The summed E-state index contributed by atoms with van der Waals surface area (Å²) in [6.45, 7) is 4.16. The van der Waals surface area contributed by atoms with Gasteiger partial charge in [-0.05, 0) is 69.6 Å². The molecule has 0 aliphatic carbocycles. The Morgan fingerprint density at radius 2 is 1.93 bits per heavy atom. The van der Waals surface area contributed by atoms with E-state index >= 15 is 0 Å². The number of imidazole rings is 1. The second kappa shape index (κ2) is 8.30. The van der Waals surface area contributed by atoms with Crippen molar-refractivity contribution in [3.8, 4) is 0 Å². The molecule has 0 radical (unpaired) electrons. The quantitative estimate of drug-likeness (QED) is 0.680. The Labute approximate surface area is 170 Å². The van der Waals surface area contributed by atoms with Crippen molar-refractivity contribution in [2.24, 2.45) is 13.0 Å². The molecule has 2 aromatic rings. The predicted octanol–water partition coefficient (Wildman–Crippen LogP) is 0.541. The predicted molar refractivity (Wildman–Crippen MR) is 112 cm³/mol. The average molecular weight is 402 g/mol. The molecule has 3 heterocycles. The van der Waals surface area contributed by atoms with Crippen molar-refractivity contribution in [3.63, 3.8) is 0 Å². The average Bonchev–Trinajstić information content (AvgIpc) is 2.94. The molecule has 0 saturated carbocycles. The number of aromatic nitrogens is 2. The first-order valence-corrected chi connectivity index (χ1v) is 10.5. The molecule has 2 aliphatic rings. The molecule has 4 rings (SSSR count). The van der Waals surface area contributed by atoms with Crippen molar-refractivity contribution in [2.75, 3.05) is 26.7 Å². The van der Waals surface area contributed by atoms with Crippen LogP contribution in [0.15, 0.2) is 23.0 Å². The highest BCUT2D eigenvalue weighted by atomic mass is 16.3. The third-order valence-electron chi connectivity index (χ3n) is 6.43. The number of likely N-dealkylation sites (tertiary alicyclic amines) is 1. The number of nitrogens with zero attached hydrogens (tertiary/aromatic N) is 3. The number of nitrogens with one attached hydrogen (secondary N) is 2. The molecule has 2 aliphatic heterocycles. The van der Waals surface area contributed by atoms with E-state index in [4.69, 9.17) is 0 Å². The number of aryl methyl sites for hydroxylation is 1. The Morgan fingerprint density at radius 3 is 2.62 bits per heavy atom. The van der Waals surface area contributed by atoms with Crippen molar-refractivity contribution in [3.05, 3.63) is 34.2 Å². The molecular formula is C21H31N5O3. The minimum absolute atomic E-state index is 0.162. The molecular weight excluding hydrogens is 370 g/mol. The smallest absolute Gasteiger partial charge is 0.329 e. The summed E-state index contributed by atoms with van der Waals surface area (Å²) < 4.78 is 3.27. The van der Waals surface area contributed by atoms with E-state index in [0.717, 1.165) is 43.1 Å². The minimum atomic E-state index is -1.04. The molecule has 29 heavy (non-hydrogen) atoms. The summed E-state index contributed by atoms with van der Waals surface area (Å²) >= 11 is 0. The number of benzene rings is 1. The van der Waals surface area contributed by atoms with Gasteiger partial charge in [-0.2, -0.15) is 0 Å². The van der Waals surface area contributed by atoms with Crippen LogP contribution >= 0.6 is 0 Å². The maximum absolute atomic E-state index is 12.9. The Kier molecular flexibility index (Phi) is 5.76. The summed E-state index contributed by atoms with van der Waals surface area (Å²) in [4.78, 5) is 26.9. The van der Waals surface area contributed by atoms with Crippen molar-refractivity contribution < 1.29 is 9.90 Å². The molecule has 0 spiro atoms. The highest BCUT2D eigenvalue weighted by Gasteiger charge is 2.31. The molecule has 1 aromatic carbocycles. The number of fused-ring (bicyclic) bond motifs is 1. The van der Waals surface area contributed by atoms with Crippen LogP contribution in [0.25, 0.3) is 11.0 Å². The third-order valence-corrected chi connectivity index (χ3v) is 6.43. The zero-order chi connectivity index (χ0) is 20.5. The first-order chi connectivity index (χ1) is 14.0. The Balaban J connectivity index is 1.55. The van der Waals surface area contributed by atoms with Gasteiger partial charge in [0, 0.05) is 20.0 Å². The zero-order valence-corrected chi connectivity index (χ0v) is 17.2. The van der Waals surface area contributed by atoms with Crippen molar-refractivity contribution in [2.45, 2.75) is 44.5 Å².